The second-order valence-electron chi connectivity index (χ2n) is 8.85. The molecule has 6 nitrogen and oxygen atoms in total. The summed E-state index contributed by atoms with van der Waals surface area (Å²) in [5.41, 5.74) is 10.3. The zero-order valence-electron chi connectivity index (χ0n) is 21.1. The average molecular weight is 524 g/mol. The number of aromatic nitrogens is 1. The molecule has 0 atom stereocenters. The second-order valence-corrected chi connectivity index (χ2v) is 9.94. The second kappa shape index (κ2) is 11.9. The Kier molecular flexibility index (Phi) is 7.97. The molecule has 0 saturated carbocycles. The number of primary amides is 1. The number of amides is 1. The summed E-state index contributed by atoms with van der Waals surface area (Å²) >= 11 is 1.54. The Hall–Kier alpha value is -4.20. The van der Waals surface area contributed by atoms with Crippen molar-refractivity contribution >= 4 is 28.6 Å². The Labute approximate surface area is 226 Å². The van der Waals surface area contributed by atoms with Gasteiger partial charge in [0.25, 0.3) is 5.91 Å². The number of hydrogen-bond donors (Lipinski definition) is 3. The summed E-state index contributed by atoms with van der Waals surface area (Å²) in [6, 6.07) is 32.2. The maximum absolute atomic E-state index is 12.1. The van der Waals surface area contributed by atoms with Crippen molar-refractivity contribution in [1.82, 2.24) is 10.3 Å². The standard InChI is InChI=1S/C31H29N3O3S/c1-36-27-15-13-23(17-28(27)37-20-21-8-4-2-5-9-21)19-33-18-22-12-14-25-26(16-22)34-29(31(32)35)30(25)38-24-10-6-3-7-11-24/h2-17,33-34H,18-20H2,1H3,(H2,32,35). The van der Waals surface area contributed by atoms with E-state index in [0.29, 0.717) is 36.9 Å². The van der Waals surface area contributed by atoms with Gasteiger partial charge in [0.2, 0.25) is 0 Å². The lowest BCUT2D eigenvalue weighted by atomic mass is 10.1. The van der Waals surface area contributed by atoms with Crippen molar-refractivity contribution in [2.75, 3.05) is 7.11 Å². The van der Waals surface area contributed by atoms with Crippen molar-refractivity contribution in [1.29, 1.82) is 0 Å². The quantitative estimate of drug-likeness (QED) is 0.189. The third-order valence-corrected chi connectivity index (χ3v) is 7.28. The molecule has 0 saturated heterocycles. The number of rotatable bonds is 11. The molecule has 1 heterocycles. The molecule has 5 rings (SSSR count). The van der Waals surface area contributed by atoms with Crippen molar-refractivity contribution in [2.45, 2.75) is 29.5 Å². The minimum Gasteiger partial charge on any atom is -0.493 e. The molecule has 192 valence electrons. The molecule has 4 N–H and O–H groups in total. The van der Waals surface area contributed by atoms with Gasteiger partial charge < -0.3 is 25.5 Å². The first-order valence-corrected chi connectivity index (χ1v) is 13.1. The van der Waals surface area contributed by atoms with E-state index < -0.39 is 5.91 Å². The summed E-state index contributed by atoms with van der Waals surface area (Å²) in [5, 5.41) is 4.48. The van der Waals surface area contributed by atoms with E-state index >= 15 is 0 Å². The number of carbonyl (C=O) groups excluding carboxylic acids is 1. The summed E-state index contributed by atoms with van der Waals surface area (Å²) in [7, 11) is 1.65. The molecule has 0 aliphatic heterocycles. The van der Waals surface area contributed by atoms with Crippen LogP contribution in [-0.4, -0.2) is 18.0 Å². The highest BCUT2D eigenvalue weighted by Gasteiger charge is 2.17. The van der Waals surface area contributed by atoms with Gasteiger partial charge in [-0.25, -0.2) is 0 Å². The number of aromatic amines is 1. The lowest BCUT2D eigenvalue weighted by molar-refractivity contribution is 0.0993. The van der Waals surface area contributed by atoms with Gasteiger partial charge in [-0.1, -0.05) is 78.5 Å². The van der Waals surface area contributed by atoms with Crippen LogP contribution < -0.4 is 20.5 Å². The van der Waals surface area contributed by atoms with Gasteiger partial charge in [0.05, 0.1) is 12.0 Å². The highest BCUT2D eigenvalue weighted by Crippen LogP contribution is 2.37. The van der Waals surface area contributed by atoms with Gasteiger partial charge in [-0.3, -0.25) is 4.79 Å². The summed E-state index contributed by atoms with van der Waals surface area (Å²) in [6.45, 7) is 1.80. The van der Waals surface area contributed by atoms with Crippen molar-refractivity contribution in [2.24, 2.45) is 5.73 Å². The maximum Gasteiger partial charge on any atom is 0.266 e. The number of hydrogen-bond acceptors (Lipinski definition) is 5. The number of nitrogens with one attached hydrogen (secondary N) is 2. The molecule has 0 aliphatic rings. The zero-order valence-corrected chi connectivity index (χ0v) is 21.9. The largest absolute Gasteiger partial charge is 0.493 e. The van der Waals surface area contributed by atoms with E-state index in [-0.39, 0.29) is 0 Å². The predicted molar refractivity (Wildman–Crippen MR) is 152 cm³/mol. The van der Waals surface area contributed by atoms with Crippen molar-refractivity contribution in [3.05, 3.63) is 119 Å². The molecule has 5 aromatic rings. The monoisotopic (exact) mass is 523 g/mol. The van der Waals surface area contributed by atoms with Crippen LogP contribution in [0.25, 0.3) is 10.9 Å². The van der Waals surface area contributed by atoms with E-state index in [1.54, 1.807) is 7.11 Å². The van der Waals surface area contributed by atoms with Gasteiger partial charge in [-0.05, 0) is 47.0 Å². The van der Waals surface area contributed by atoms with E-state index in [9.17, 15) is 4.79 Å². The van der Waals surface area contributed by atoms with E-state index in [1.807, 2.05) is 84.9 Å². The van der Waals surface area contributed by atoms with Crippen LogP contribution in [0.1, 0.15) is 27.2 Å². The van der Waals surface area contributed by atoms with Crippen LogP contribution in [0.3, 0.4) is 0 Å². The predicted octanol–water partition coefficient (Wildman–Crippen LogP) is 6.30. The fourth-order valence-corrected chi connectivity index (χ4v) is 5.32. The van der Waals surface area contributed by atoms with Crippen LogP contribution in [0.5, 0.6) is 11.5 Å². The average Bonchev–Trinajstić information content (AvgIpc) is 3.31. The number of carbonyl (C=O) groups is 1. The molecule has 38 heavy (non-hydrogen) atoms. The molecule has 0 fully saturated rings. The van der Waals surface area contributed by atoms with E-state index in [0.717, 1.165) is 37.4 Å². The van der Waals surface area contributed by atoms with E-state index in [4.69, 9.17) is 15.2 Å². The highest BCUT2D eigenvalue weighted by atomic mass is 32.2. The third kappa shape index (κ3) is 6.02. The zero-order chi connectivity index (χ0) is 26.3. The summed E-state index contributed by atoms with van der Waals surface area (Å²) in [4.78, 5) is 17.3. The van der Waals surface area contributed by atoms with E-state index in [1.165, 1.54) is 11.8 Å². The first kappa shape index (κ1) is 25.4. The fraction of sp³-hybridized carbons (Fsp3) is 0.129. The van der Waals surface area contributed by atoms with Crippen LogP contribution in [0, 0.1) is 0 Å². The van der Waals surface area contributed by atoms with Gasteiger partial charge in [0.15, 0.2) is 11.5 Å². The van der Waals surface area contributed by atoms with Crippen LogP contribution >= 0.6 is 11.8 Å². The molecule has 4 aromatic carbocycles. The molecule has 1 aromatic heterocycles. The molecule has 0 unspecified atom stereocenters. The SMILES string of the molecule is COc1ccc(CNCc2ccc3c(Sc4ccccc4)c(C(N)=O)[nH]c3c2)cc1OCc1ccccc1. The smallest absolute Gasteiger partial charge is 0.266 e. The highest BCUT2D eigenvalue weighted by molar-refractivity contribution is 7.99. The van der Waals surface area contributed by atoms with Gasteiger partial charge in [-0.2, -0.15) is 0 Å². The minimum atomic E-state index is -0.468. The molecule has 0 aliphatic carbocycles. The number of H-pyrrole nitrogens is 1. The minimum absolute atomic E-state index is 0.431. The molecule has 0 bridgehead atoms. The first-order chi connectivity index (χ1) is 18.6. The van der Waals surface area contributed by atoms with Gasteiger partial charge in [0.1, 0.15) is 12.3 Å². The summed E-state index contributed by atoms with van der Waals surface area (Å²) in [6.07, 6.45) is 0. The topological polar surface area (TPSA) is 89.4 Å². The Bertz CT molecular complexity index is 1530. The van der Waals surface area contributed by atoms with Gasteiger partial charge >= 0.3 is 0 Å². The number of ether oxygens (including phenoxy) is 2. The Balaban J connectivity index is 1.26. The van der Waals surface area contributed by atoms with Crippen LogP contribution in [0.15, 0.2) is 107 Å². The Morgan fingerprint density at radius 3 is 2.24 bits per heavy atom. The van der Waals surface area contributed by atoms with Gasteiger partial charge in [0, 0.05) is 28.9 Å². The summed E-state index contributed by atoms with van der Waals surface area (Å²) < 4.78 is 11.5. The maximum atomic E-state index is 12.1. The number of fused-ring (bicyclic) bond motifs is 1. The molecule has 1 amide bonds. The number of benzene rings is 4. The number of nitrogens with two attached hydrogens (primary N) is 1. The van der Waals surface area contributed by atoms with Crippen molar-refractivity contribution < 1.29 is 14.3 Å². The van der Waals surface area contributed by atoms with Crippen LogP contribution in [0.2, 0.25) is 0 Å². The molecule has 7 heteroatoms. The van der Waals surface area contributed by atoms with E-state index in [2.05, 4.69) is 22.4 Å². The lowest BCUT2D eigenvalue weighted by Crippen LogP contribution is -2.13. The molecular formula is C31H29N3O3S. The summed E-state index contributed by atoms with van der Waals surface area (Å²) in [5.74, 6) is 0.950. The molecule has 0 spiro atoms. The van der Waals surface area contributed by atoms with Crippen LogP contribution in [0.4, 0.5) is 0 Å². The van der Waals surface area contributed by atoms with Gasteiger partial charge in [-0.15, -0.1) is 0 Å². The fourth-order valence-electron chi connectivity index (χ4n) is 4.25. The number of methoxy groups -OCH3 is 1. The third-order valence-electron chi connectivity index (χ3n) is 6.15. The van der Waals surface area contributed by atoms with Crippen molar-refractivity contribution in [3.8, 4) is 11.5 Å². The van der Waals surface area contributed by atoms with Crippen LogP contribution in [-0.2, 0) is 19.7 Å². The normalized spacial score (nSPS) is 11.0. The lowest BCUT2D eigenvalue weighted by Gasteiger charge is -2.13. The molecular weight excluding hydrogens is 494 g/mol. The molecule has 0 radical (unpaired) electrons. The first-order valence-electron chi connectivity index (χ1n) is 12.3. The Morgan fingerprint density at radius 2 is 1.53 bits per heavy atom. The van der Waals surface area contributed by atoms with Crippen molar-refractivity contribution in [3.63, 3.8) is 0 Å². The Morgan fingerprint density at radius 1 is 0.842 bits per heavy atom.